The number of nitrogens with zero attached hydrogens (tertiary/aromatic N) is 3. The normalized spacial score (nSPS) is 19.6. The molecular weight excluding hydrogens is 362 g/mol. The molecule has 0 radical (unpaired) electrons. The highest BCUT2D eigenvalue weighted by atomic mass is 32.2. The van der Waals surface area contributed by atoms with Crippen LogP contribution in [0.2, 0.25) is 0 Å². The Morgan fingerprint density at radius 1 is 1.24 bits per heavy atom. The SMILES string of the molecule is N#CC(=C\C1=[N+](CCC(=O)O)CCS1)/C=C1/SCCN1CCC(=O)O. The molecule has 134 valence electrons. The molecule has 0 unspecified atom stereocenters. The molecule has 7 nitrogen and oxygen atoms in total. The zero-order valence-corrected chi connectivity index (χ0v) is 15.3. The van der Waals surface area contributed by atoms with Gasteiger partial charge in [0.05, 0.1) is 28.8 Å². The van der Waals surface area contributed by atoms with Gasteiger partial charge < -0.3 is 15.1 Å². The van der Waals surface area contributed by atoms with E-state index in [4.69, 9.17) is 10.2 Å². The number of nitriles is 1. The zero-order valence-electron chi connectivity index (χ0n) is 13.7. The largest absolute Gasteiger partial charge is 0.481 e. The van der Waals surface area contributed by atoms with E-state index in [0.717, 1.165) is 34.7 Å². The average molecular weight is 382 g/mol. The van der Waals surface area contributed by atoms with Crippen LogP contribution in [0.3, 0.4) is 0 Å². The van der Waals surface area contributed by atoms with E-state index in [1.54, 1.807) is 35.7 Å². The molecule has 2 heterocycles. The van der Waals surface area contributed by atoms with Gasteiger partial charge in [-0.2, -0.15) is 5.26 Å². The number of hydrogen-bond donors (Lipinski definition) is 2. The molecule has 0 aliphatic carbocycles. The quantitative estimate of drug-likeness (QED) is 0.480. The van der Waals surface area contributed by atoms with E-state index in [9.17, 15) is 14.9 Å². The summed E-state index contributed by atoms with van der Waals surface area (Å²) in [6.45, 7) is 2.42. The summed E-state index contributed by atoms with van der Waals surface area (Å²) in [7, 11) is 0. The molecule has 2 rings (SSSR count). The van der Waals surface area contributed by atoms with Crippen LogP contribution in [0.15, 0.2) is 22.8 Å². The zero-order chi connectivity index (χ0) is 18.2. The number of carbonyl (C=O) groups is 2. The maximum atomic E-state index is 10.7. The lowest BCUT2D eigenvalue weighted by Gasteiger charge is -2.17. The Kier molecular flexibility index (Phi) is 7.40. The van der Waals surface area contributed by atoms with Crippen LogP contribution in [0.4, 0.5) is 0 Å². The molecule has 0 aromatic rings. The van der Waals surface area contributed by atoms with Crippen LogP contribution in [-0.4, -0.2) is 74.4 Å². The molecule has 1 fully saturated rings. The first kappa shape index (κ1) is 19.4. The molecule has 0 spiro atoms. The Morgan fingerprint density at radius 3 is 2.68 bits per heavy atom. The summed E-state index contributed by atoms with van der Waals surface area (Å²) < 4.78 is 1.98. The van der Waals surface area contributed by atoms with Gasteiger partial charge in [0.25, 0.3) is 0 Å². The van der Waals surface area contributed by atoms with Crippen molar-refractivity contribution in [2.45, 2.75) is 12.8 Å². The van der Waals surface area contributed by atoms with E-state index < -0.39 is 11.9 Å². The summed E-state index contributed by atoms with van der Waals surface area (Å²) in [6.07, 6.45) is 3.72. The van der Waals surface area contributed by atoms with Crippen molar-refractivity contribution >= 4 is 40.5 Å². The van der Waals surface area contributed by atoms with Gasteiger partial charge in [0, 0.05) is 24.9 Å². The molecule has 0 aromatic carbocycles. The minimum atomic E-state index is -0.834. The number of allylic oxidation sites excluding steroid dienone is 2. The van der Waals surface area contributed by atoms with Gasteiger partial charge in [-0.15, -0.1) is 11.8 Å². The Labute approximate surface area is 154 Å². The standard InChI is InChI=1S/C16H19N3O4S2/c17-11-12(9-13-18(5-7-24-13)3-1-15(20)21)10-14-19(6-8-25-14)4-2-16(22)23/h9-10H,1-8H2,(H-,20,21,22,23)/p+1. The van der Waals surface area contributed by atoms with Gasteiger partial charge in [-0.05, 0) is 6.08 Å². The molecule has 0 saturated carbocycles. The molecule has 1 saturated heterocycles. The Balaban J connectivity index is 2.13. The summed E-state index contributed by atoms with van der Waals surface area (Å²) in [5.74, 6) is 0.0824. The Bertz CT molecular complexity index is 679. The monoisotopic (exact) mass is 382 g/mol. The lowest BCUT2D eigenvalue weighted by atomic mass is 10.2. The van der Waals surface area contributed by atoms with Gasteiger partial charge in [0.2, 0.25) is 5.04 Å². The van der Waals surface area contributed by atoms with Gasteiger partial charge in [-0.1, -0.05) is 11.8 Å². The van der Waals surface area contributed by atoms with Crippen LogP contribution in [0.5, 0.6) is 0 Å². The van der Waals surface area contributed by atoms with E-state index in [0.29, 0.717) is 18.7 Å². The molecule has 9 heteroatoms. The molecule has 2 N–H and O–H groups in total. The summed E-state index contributed by atoms with van der Waals surface area (Å²) in [6, 6.07) is 2.18. The molecule has 0 aromatic heterocycles. The van der Waals surface area contributed by atoms with Crippen molar-refractivity contribution < 1.29 is 24.4 Å². The number of thioether (sulfide) groups is 2. The number of aliphatic carboxylic acids is 2. The van der Waals surface area contributed by atoms with Crippen LogP contribution in [-0.2, 0) is 9.59 Å². The van der Waals surface area contributed by atoms with E-state index in [2.05, 4.69) is 6.07 Å². The topological polar surface area (TPSA) is 105 Å². The van der Waals surface area contributed by atoms with E-state index >= 15 is 0 Å². The maximum absolute atomic E-state index is 10.7. The summed E-state index contributed by atoms with van der Waals surface area (Å²) >= 11 is 3.23. The second-order valence-corrected chi connectivity index (χ2v) is 7.72. The molecule has 2 aliphatic rings. The third-order valence-corrected chi connectivity index (χ3v) is 5.84. The van der Waals surface area contributed by atoms with Gasteiger partial charge in [0.15, 0.2) is 13.1 Å². The Morgan fingerprint density at radius 2 is 2.00 bits per heavy atom. The third-order valence-electron chi connectivity index (χ3n) is 3.72. The van der Waals surface area contributed by atoms with Gasteiger partial charge in [-0.3, -0.25) is 9.59 Å². The highest BCUT2D eigenvalue weighted by Crippen LogP contribution is 2.29. The summed E-state index contributed by atoms with van der Waals surface area (Å²) in [5.41, 5.74) is 0.495. The van der Waals surface area contributed by atoms with Gasteiger partial charge in [-0.25, -0.2) is 4.58 Å². The summed E-state index contributed by atoms with van der Waals surface area (Å²) in [5, 5.41) is 28.9. The highest BCUT2D eigenvalue weighted by molar-refractivity contribution is 8.14. The average Bonchev–Trinajstić information content (AvgIpc) is 3.19. The lowest BCUT2D eigenvalue weighted by molar-refractivity contribution is -0.516. The van der Waals surface area contributed by atoms with Crippen LogP contribution >= 0.6 is 23.5 Å². The highest BCUT2D eigenvalue weighted by Gasteiger charge is 2.23. The number of carboxylic acid groups (broad SMARTS) is 2. The van der Waals surface area contributed by atoms with Crippen molar-refractivity contribution in [3.8, 4) is 6.07 Å². The molecule has 25 heavy (non-hydrogen) atoms. The van der Waals surface area contributed by atoms with Crippen LogP contribution in [0.25, 0.3) is 0 Å². The lowest BCUT2D eigenvalue weighted by Crippen LogP contribution is -2.21. The molecular formula is C16H20N3O4S2+. The van der Waals surface area contributed by atoms with E-state index in [1.165, 1.54) is 0 Å². The van der Waals surface area contributed by atoms with Crippen LogP contribution in [0.1, 0.15) is 12.8 Å². The smallest absolute Gasteiger partial charge is 0.309 e. The van der Waals surface area contributed by atoms with Crippen LogP contribution < -0.4 is 0 Å². The van der Waals surface area contributed by atoms with Crippen molar-refractivity contribution in [1.29, 1.82) is 5.26 Å². The minimum absolute atomic E-state index is 0.0691. The van der Waals surface area contributed by atoms with Crippen molar-refractivity contribution in [2.75, 3.05) is 37.7 Å². The van der Waals surface area contributed by atoms with Crippen molar-refractivity contribution in [1.82, 2.24) is 4.90 Å². The predicted molar refractivity (Wildman–Crippen MR) is 97.8 cm³/mol. The maximum Gasteiger partial charge on any atom is 0.309 e. The molecule has 2 aliphatic heterocycles. The van der Waals surface area contributed by atoms with Crippen molar-refractivity contribution in [2.24, 2.45) is 0 Å². The molecule has 0 bridgehead atoms. The van der Waals surface area contributed by atoms with Crippen LogP contribution in [0, 0.1) is 11.3 Å². The van der Waals surface area contributed by atoms with Crippen molar-refractivity contribution in [3.63, 3.8) is 0 Å². The van der Waals surface area contributed by atoms with Gasteiger partial charge >= 0.3 is 11.9 Å². The Hall–Kier alpha value is -1.92. The second-order valence-electron chi connectivity index (χ2n) is 5.49. The fourth-order valence-corrected chi connectivity index (χ4v) is 4.66. The fraction of sp³-hybridized carbons (Fsp3) is 0.500. The van der Waals surface area contributed by atoms with E-state index in [1.807, 2.05) is 9.48 Å². The summed E-state index contributed by atoms with van der Waals surface area (Å²) in [4.78, 5) is 23.5. The van der Waals surface area contributed by atoms with Gasteiger partial charge in [0.1, 0.15) is 6.42 Å². The number of hydrogen-bond acceptors (Lipinski definition) is 6. The third kappa shape index (κ3) is 6.14. The van der Waals surface area contributed by atoms with E-state index in [-0.39, 0.29) is 12.8 Å². The first-order valence-corrected chi connectivity index (χ1v) is 9.86. The number of carboxylic acids is 2. The predicted octanol–water partition coefficient (Wildman–Crippen LogP) is 1.43. The first-order valence-electron chi connectivity index (χ1n) is 7.89. The second kappa shape index (κ2) is 9.53. The minimum Gasteiger partial charge on any atom is -0.481 e. The van der Waals surface area contributed by atoms with Crippen molar-refractivity contribution in [3.05, 3.63) is 22.8 Å². The molecule has 0 amide bonds. The number of rotatable bonds is 8. The first-order chi connectivity index (χ1) is 12.0. The fourth-order valence-electron chi connectivity index (χ4n) is 2.47. The molecule has 0 atom stereocenters.